The number of hydrogen-bond donors (Lipinski definition) is 2. The van der Waals surface area contributed by atoms with E-state index in [0.29, 0.717) is 31.4 Å². The van der Waals surface area contributed by atoms with Crippen molar-refractivity contribution >= 4 is 30.2 Å². The first kappa shape index (κ1) is 35.0. The molecule has 0 radical (unpaired) electrons. The molecule has 14 nitrogen and oxygen atoms in total. The molecule has 1 heterocycles. The standard InChI is InChI=1S/C31H45N5O9/c1-10-35(34(8)28(40)45-31(5,6)7)29(41)44-20-12-11-19(13-20)23-16-26(36(33-23)30(2,3)4)32-27(39)18-43-25-15-21(42-9)14-24(38)22(25)17-37/h14-17,19-20,38H,10-13,18H2,1-9H3,(H,32,39)/t19-,20+/m0/s1. The third kappa shape index (κ3) is 9.02. The van der Waals surface area contributed by atoms with E-state index in [2.05, 4.69) is 5.32 Å². The van der Waals surface area contributed by atoms with Crippen LogP contribution in [0.3, 0.4) is 0 Å². The van der Waals surface area contributed by atoms with Crippen LogP contribution < -0.4 is 14.8 Å². The van der Waals surface area contributed by atoms with Gasteiger partial charge in [0.25, 0.3) is 5.91 Å². The molecule has 3 rings (SSSR count). The number of aldehydes is 1. The minimum absolute atomic E-state index is 0.00693. The summed E-state index contributed by atoms with van der Waals surface area (Å²) in [7, 11) is 2.86. The molecule has 2 aromatic rings. The van der Waals surface area contributed by atoms with Crippen LogP contribution >= 0.6 is 0 Å². The van der Waals surface area contributed by atoms with Crippen LogP contribution in [-0.2, 0) is 19.8 Å². The van der Waals surface area contributed by atoms with Crippen molar-refractivity contribution < 1.29 is 43.2 Å². The molecule has 1 fully saturated rings. The van der Waals surface area contributed by atoms with E-state index in [-0.39, 0.29) is 41.4 Å². The minimum Gasteiger partial charge on any atom is -0.507 e. The Labute approximate surface area is 263 Å². The van der Waals surface area contributed by atoms with Gasteiger partial charge in [0.05, 0.1) is 23.9 Å². The van der Waals surface area contributed by atoms with Gasteiger partial charge in [0.2, 0.25) is 0 Å². The number of carbonyl (C=O) groups excluding carboxylic acids is 4. The molecule has 1 aliphatic carbocycles. The maximum absolute atomic E-state index is 13.0. The second kappa shape index (κ2) is 14.1. The molecule has 2 N–H and O–H groups in total. The Kier molecular flexibility index (Phi) is 10.9. The average molecular weight is 632 g/mol. The van der Waals surface area contributed by atoms with Crippen LogP contribution in [0, 0.1) is 0 Å². The van der Waals surface area contributed by atoms with Crippen molar-refractivity contribution in [3.05, 3.63) is 29.5 Å². The van der Waals surface area contributed by atoms with Crippen molar-refractivity contribution in [1.82, 2.24) is 19.8 Å². The molecule has 14 heteroatoms. The Bertz CT molecular complexity index is 1390. The summed E-state index contributed by atoms with van der Waals surface area (Å²) in [6.45, 7) is 12.6. The lowest BCUT2D eigenvalue weighted by atomic mass is 10.0. The van der Waals surface area contributed by atoms with Crippen LogP contribution in [0.2, 0.25) is 0 Å². The van der Waals surface area contributed by atoms with E-state index in [1.165, 1.54) is 31.3 Å². The number of hydrazine groups is 1. The highest BCUT2D eigenvalue weighted by Gasteiger charge is 2.35. The van der Waals surface area contributed by atoms with E-state index < -0.39 is 35.8 Å². The normalized spacial score (nSPS) is 16.5. The van der Waals surface area contributed by atoms with Crippen molar-refractivity contribution in [2.45, 2.75) is 90.9 Å². The average Bonchev–Trinajstić information content (AvgIpc) is 3.58. The minimum atomic E-state index is -0.713. The molecular weight excluding hydrogens is 586 g/mol. The number of aromatic hydroxyl groups is 1. The van der Waals surface area contributed by atoms with Crippen LogP contribution in [0.15, 0.2) is 18.2 Å². The number of ether oxygens (including phenoxy) is 4. The summed E-state index contributed by atoms with van der Waals surface area (Å²) in [4.78, 5) is 49.9. The fourth-order valence-electron chi connectivity index (χ4n) is 4.87. The van der Waals surface area contributed by atoms with Gasteiger partial charge in [0.1, 0.15) is 34.8 Å². The third-order valence-corrected chi connectivity index (χ3v) is 7.04. The maximum atomic E-state index is 13.0. The number of phenolic OH excluding ortho intramolecular Hbond substituents is 1. The summed E-state index contributed by atoms with van der Waals surface area (Å²) >= 11 is 0. The molecule has 248 valence electrons. The van der Waals surface area contributed by atoms with E-state index in [0.717, 1.165) is 10.7 Å². The van der Waals surface area contributed by atoms with E-state index in [4.69, 9.17) is 24.0 Å². The number of carbonyl (C=O) groups is 4. The molecule has 3 amide bonds. The summed E-state index contributed by atoms with van der Waals surface area (Å²) < 4.78 is 23.5. The van der Waals surface area contributed by atoms with E-state index in [1.807, 2.05) is 20.8 Å². The van der Waals surface area contributed by atoms with Gasteiger partial charge >= 0.3 is 12.2 Å². The smallest absolute Gasteiger partial charge is 0.429 e. The predicted molar refractivity (Wildman–Crippen MR) is 165 cm³/mol. The number of nitrogens with one attached hydrogen (secondary N) is 1. The summed E-state index contributed by atoms with van der Waals surface area (Å²) in [5.74, 6) is -0.139. The van der Waals surface area contributed by atoms with Gasteiger partial charge in [0, 0.05) is 37.7 Å². The second-order valence-electron chi connectivity index (χ2n) is 12.8. The monoisotopic (exact) mass is 631 g/mol. The number of benzene rings is 1. The summed E-state index contributed by atoms with van der Waals surface area (Å²) in [5, 5.41) is 20.0. The highest BCUT2D eigenvalue weighted by atomic mass is 16.6. The number of rotatable bonds is 9. The Morgan fingerprint density at radius 2 is 1.80 bits per heavy atom. The number of anilines is 1. The number of aromatic nitrogens is 2. The first-order chi connectivity index (χ1) is 21.0. The van der Waals surface area contributed by atoms with Gasteiger partial charge in [0.15, 0.2) is 12.9 Å². The molecular formula is C31H45N5O9. The zero-order valence-corrected chi connectivity index (χ0v) is 27.5. The van der Waals surface area contributed by atoms with Crippen LogP contribution in [0.25, 0.3) is 0 Å². The number of phenols is 1. The SMILES string of the molecule is CCN(C(=O)O[C@@H]1CC[C@H](c2cc(NC(=O)COc3cc(OC)cc(O)c3C=O)n(C(C)(C)C)n2)C1)N(C)C(=O)OC(C)(C)C. The Balaban J connectivity index is 1.68. The third-order valence-electron chi connectivity index (χ3n) is 7.04. The lowest BCUT2D eigenvalue weighted by Crippen LogP contribution is -2.49. The zero-order chi connectivity index (χ0) is 33.7. The summed E-state index contributed by atoms with van der Waals surface area (Å²) in [5.41, 5.74) is -0.558. The van der Waals surface area contributed by atoms with Gasteiger partial charge in [-0.1, -0.05) is 0 Å². The molecule has 45 heavy (non-hydrogen) atoms. The van der Waals surface area contributed by atoms with Crippen LogP contribution in [-0.4, -0.2) is 88.3 Å². The molecule has 1 aromatic carbocycles. The molecule has 1 aliphatic rings. The van der Waals surface area contributed by atoms with Gasteiger partial charge in [-0.05, 0) is 67.7 Å². The van der Waals surface area contributed by atoms with Gasteiger partial charge in [-0.2, -0.15) is 5.10 Å². The van der Waals surface area contributed by atoms with Crippen molar-refractivity contribution in [3.8, 4) is 17.2 Å². The van der Waals surface area contributed by atoms with Crippen molar-refractivity contribution in [2.24, 2.45) is 0 Å². The largest absolute Gasteiger partial charge is 0.507 e. The summed E-state index contributed by atoms with van der Waals surface area (Å²) in [6.07, 6.45) is 0.572. The molecule has 0 unspecified atom stereocenters. The zero-order valence-electron chi connectivity index (χ0n) is 27.5. The topological polar surface area (TPSA) is 162 Å². The number of nitrogens with zero attached hydrogens (tertiary/aromatic N) is 4. The van der Waals surface area contributed by atoms with Gasteiger partial charge < -0.3 is 29.4 Å². The predicted octanol–water partition coefficient (Wildman–Crippen LogP) is 5.06. The Hall–Kier alpha value is -4.49. The first-order valence-electron chi connectivity index (χ1n) is 14.8. The fraction of sp³-hybridized carbons (Fsp3) is 0.581. The van der Waals surface area contributed by atoms with Gasteiger partial charge in [-0.15, -0.1) is 0 Å². The molecule has 0 spiro atoms. The van der Waals surface area contributed by atoms with Crippen LogP contribution in [0.4, 0.5) is 15.4 Å². The second-order valence-corrected chi connectivity index (χ2v) is 12.8. The first-order valence-corrected chi connectivity index (χ1v) is 14.8. The number of hydrogen-bond acceptors (Lipinski definition) is 10. The highest BCUT2D eigenvalue weighted by Crippen LogP contribution is 2.38. The molecule has 0 saturated heterocycles. The lowest BCUT2D eigenvalue weighted by Gasteiger charge is -2.32. The summed E-state index contributed by atoms with van der Waals surface area (Å²) in [6, 6.07) is 4.48. The van der Waals surface area contributed by atoms with Gasteiger partial charge in [-0.3, -0.25) is 9.59 Å². The van der Waals surface area contributed by atoms with E-state index in [1.54, 1.807) is 38.4 Å². The molecule has 2 atom stereocenters. The quantitative estimate of drug-likeness (QED) is 0.283. The Morgan fingerprint density at radius 1 is 1.11 bits per heavy atom. The van der Waals surface area contributed by atoms with Crippen molar-refractivity contribution in [2.75, 3.05) is 32.6 Å². The van der Waals surface area contributed by atoms with E-state index >= 15 is 0 Å². The molecule has 1 aromatic heterocycles. The van der Waals surface area contributed by atoms with Crippen molar-refractivity contribution in [1.29, 1.82) is 0 Å². The molecule has 1 saturated carbocycles. The Morgan fingerprint density at radius 3 is 2.38 bits per heavy atom. The van der Waals surface area contributed by atoms with Gasteiger partial charge in [-0.25, -0.2) is 24.3 Å². The fourth-order valence-corrected chi connectivity index (χ4v) is 4.87. The van der Waals surface area contributed by atoms with E-state index in [9.17, 15) is 24.3 Å². The van der Waals surface area contributed by atoms with Crippen LogP contribution in [0.1, 0.15) is 89.7 Å². The van der Waals surface area contributed by atoms with Crippen molar-refractivity contribution in [3.63, 3.8) is 0 Å². The molecule has 0 aliphatic heterocycles. The van der Waals surface area contributed by atoms with Crippen LogP contribution in [0.5, 0.6) is 17.2 Å². The highest BCUT2D eigenvalue weighted by molar-refractivity contribution is 5.91. The maximum Gasteiger partial charge on any atom is 0.429 e. The molecule has 0 bridgehead atoms. The number of amides is 3. The lowest BCUT2D eigenvalue weighted by molar-refractivity contribution is -0.118. The number of methoxy groups -OCH3 is 1.